The van der Waals surface area contributed by atoms with Gasteiger partial charge in [0.1, 0.15) is 0 Å². The van der Waals surface area contributed by atoms with Gasteiger partial charge >= 0.3 is 0 Å². The van der Waals surface area contributed by atoms with Crippen LogP contribution in [-0.2, 0) is 0 Å². The molecule has 1 saturated heterocycles. The zero-order valence-corrected chi connectivity index (χ0v) is 6.84. The third-order valence-electron chi connectivity index (χ3n) is 2.21. The average molecular weight is 154 g/mol. The Labute approximate surface area is 67.9 Å². The number of nitrogens with two attached hydrogens (primary N) is 1. The van der Waals surface area contributed by atoms with Gasteiger partial charge in [0.15, 0.2) is 0 Å². The van der Waals surface area contributed by atoms with Gasteiger partial charge in [-0.2, -0.15) is 0 Å². The fourth-order valence-electron chi connectivity index (χ4n) is 1.45. The van der Waals surface area contributed by atoms with Crippen molar-refractivity contribution in [1.29, 1.82) is 5.41 Å². The summed E-state index contributed by atoms with van der Waals surface area (Å²) in [7, 11) is 0. The molecule has 3 nitrogen and oxygen atoms in total. The molecule has 0 bridgehead atoms. The third kappa shape index (κ3) is 3.37. The van der Waals surface area contributed by atoms with Crippen molar-refractivity contribution in [3.8, 4) is 0 Å². The van der Waals surface area contributed by atoms with E-state index in [2.05, 4.69) is 5.32 Å². The second kappa shape index (κ2) is 4.34. The van der Waals surface area contributed by atoms with Gasteiger partial charge in [-0.25, -0.2) is 5.32 Å². The smallest absolute Gasteiger partial charge is 0.0905 e. The third-order valence-corrected chi connectivity index (χ3v) is 2.21. The highest BCUT2D eigenvalue weighted by atomic mass is 14.9. The molecule has 1 radical (unpaired) electrons. The molecule has 3 N–H and O–H groups in total. The number of amidine groups is 1. The summed E-state index contributed by atoms with van der Waals surface area (Å²) >= 11 is 0. The first-order chi connectivity index (χ1) is 5.29. The van der Waals surface area contributed by atoms with Crippen LogP contribution in [0.2, 0.25) is 0 Å². The second-order valence-electron chi connectivity index (χ2n) is 3.18. The number of nitrogens with one attached hydrogen (secondary N) is 1. The predicted octanol–water partition coefficient (Wildman–Crippen LogP) is 0.717. The topological polar surface area (TPSA) is 64.0 Å². The standard InChI is InChI=1S/C8H16N3/c9-8(10)2-1-7-3-5-11-6-4-7/h7H,1-6H2,(H3,9,10). The number of piperidine rings is 1. The highest BCUT2D eigenvalue weighted by Gasteiger charge is 2.13. The number of nitrogens with zero attached hydrogens (tertiary/aromatic N) is 1. The lowest BCUT2D eigenvalue weighted by Gasteiger charge is -2.20. The lowest BCUT2D eigenvalue weighted by atomic mass is 9.93. The molecule has 0 aliphatic carbocycles. The minimum Gasteiger partial charge on any atom is -0.388 e. The maximum Gasteiger partial charge on any atom is 0.0905 e. The van der Waals surface area contributed by atoms with Crippen LogP contribution in [0.5, 0.6) is 0 Å². The molecule has 11 heavy (non-hydrogen) atoms. The lowest BCUT2D eigenvalue weighted by Crippen LogP contribution is -2.23. The first-order valence-corrected chi connectivity index (χ1v) is 4.25. The largest absolute Gasteiger partial charge is 0.388 e. The zero-order chi connectivity index (χ0) is 8.10. The van der Waals surface area contributed by atoms with Gasteiger partial charge in [0.05, 0.1) is 5.84 Å². The minimum absolute atomic E-state index is 0.326. The molecule has 0 atom stereocenters. The molecule has 0 aromatic heterocycles. The van der Waals surface area contributed by atoms with E-state index in [4.69, 9.17) is 11.1 Å². The first-order valence-electron chi connectivity index (χ1n) is 4.25. The molecule has 0 aromatic rings. The Hall–Kier alpha value is -0.570. The molecule has 1 rings (SSSR count). The fraction of sp³-hybridized carbons (Fsp3) is 0.875. The number of rotatable bonds is 3. The molecular weight excluding hydrogens is 138 g/mol. The molecule has 1 heterocycles. The van der Waals surface area contributed by atoms with Crippen LogP contribution >= 0.6 is 0 Å². The summed E-state index contributed by atoms with van der Waals surface area (Å²) in [5.41, 5.74) is 5.27. The van der Waals surface area contributed by atoms with E-state index in [-0.39, 0.29) is 0 Å². The SMILES string of the molecule is N=C(N)CCC1CC[N]CC1. The van der Waals surface area contributed by atoms with E-state index >= 15 is 0 Å². The Bertz CT molecular complexity index is 127. The quantitative estimate of drug-likeness (QED) is 0.456. The van der Waals surface area contributed by atoms with E-state index in [1.807, 2.05) is 0 Å². The summed E-state index contributed by atoms with van der Waals surface area (Å²) in [6.45, 7) is 2.03. The van der Waals surface area contributed by atoms with E-state index in [1.165, 1.54) is 12.8 Å². The molecular formula is C8H16N3. The van der Waals surface area contributed by atoms with Gasteiger partial charge in [0.2, 0.25) is 0 Å². The van der Waals surface area contributed by atoms with E-state index < -0.39 is 0 Å². The highest BCUT2D eigenvalue weighted by molar-refractivity contribution is 5.76. The molecule has 1 aliphatic rings. The molecule has 1 fully saturated rings. The number of hydrogen-bond donors (Lipinski definition) is 2. The van der Waals surface area contributed by atoms with Crippen LogP contribution in [0.3, 0.4) is 0 Å². The molecule has 0 spiro atoms. The minimum atomic E-state index is 0.326. The Balaban J connectivity index is 2.09. The van der Waals surface area contributed by atoms with Crippen LogP contribution in [0.15, 0.2) is 0 Å². The summed E-state index contributed by atoms with van der Waals surface area (Å²) in [5, 5.41) is 11.3. The van der Waals surface area contributed by atoms with Gasteiger partial charge in [0, 0.05) is 19.5 Å². The van der Waals surface area contributed by atoms with E-state index in [1.54, 1.807) is 0 Å². The van der Waals surface area contributed by atoms with Crippen molar-refractivity contribution in [2.75, 3.05) is 13.1 Å². The van der Waals surface area contributed by atoms with Crippen molar-refractivity contribution in [2.24, 2.45) is 11.7 Å². The highest BCUT2D eigenvalue weighted by Crippen LogP contribution is 2.17. The Kier molecular flexibility index (Phi) is 3.36. The van der Waals surface area contributed by atoms with Gasteiger partial charge < -0.3 is 5.73 Å². The van der Waals surface area contributed by atoms with Crippen molar-refractivity contribution < 1.29 is 0 Å². The van der Waals surface area contributed by atoms with Crippen molar-refractivity contribution >= 4 is 5.84 Å². The summed E-state index contributed by atoms with van der Waals surface area (Å²) < 4.78 is 0. The Morgan fingerprint density at radius 1 is 1.45 bits per heavy atom. The van der Waals surface area contributed by atoms with Crippen LogP contribution in [0.25, 0.3) is 0 Å². The van der Waals surface area contributed by atoms with Gasteiger partial charge in [0.25, 0.3) is 0 Å². The molecule has 1 aliphatic heterocycles. The molecule has 0 amide bonds. The van der Waals surface area contributed by atoms with Crippen LogP contribution < -0.4 is 11.1 Å². The lowest BCUT2D eigenvalue weighted by molar-refractivity contribution is 0.354. The summed E-state index contributed by atoms with van der Waals surface area (Å²) in [6.07, 6.45) is 4.26. The average Bonchev–Trinajstić information content (AvgIpc) is 2.03. The Morgan fingerprint density at radius 3 is 2.64 bits per heavy atom. The van der Waals surface area contributed by atoms with Crippen molar-refractivity contribution in [3.63, 3.8) is 0 Å². The molecule has 0 aromatic carbocycles. The summed E-state index contributed by atoms with van der Waals surface area (Å²) in [4.78, 5) is 0. The summed E-state index contributed by atoms with van der Waals surface area (Å²) in [6, 6.07) is 0. The molecule has 0 unspecified atom stereocenters. The van der Waals surface area contributed by atoms with Gasteiger partial charge in [-0.1, -0.05) is 0 Å². The van der Waals surface area contributed by atoms with Crippen molar-refractivity contribution in [1.82, 2.24) is 5.32 Å². The maximum atomic E-state index is 7.07. The fourth-order valence-corrected chi connectivity index (χ4v) is 1.45. The Morgan fingerprint density at radius 2 is 2.09 bits per heavy atom. The molecule has 3 heteroatoms. The van der Waals surface area contributed by atoms with Crippen LogP contribution in [0.4, 0.5) is 0 Å². The zero-order valence-electron chi connectivity index (χ0n) is 6.84. The normalized spacial score (nSPS) is 20.0. The summed E-state index contributed by atoms with van der Waals surface area (Å²) in [5.74, 6) is 1.10. The molecule has 63 valence electrons. The van der Waals surface area contributed by atoms with E-state index in [0.29, 0.717) is 5.84 Å². The van der Waals surface area contributed by atoms with E-state index in [9.17, 15) is 0 Å². The van der Waals surface area contributed by atoms with Crippen LogP contribution in [0.1, 0.15) is 25.7 Å². The first kappa shape index (κ1) is 8.53. The van der Waals surface area contributed by atoms with Gasteiger partial charge in [-0.15, -0.1) is 0 Å². The maximum absolute atomic E-state index is 7.07. The van der Waals surface area contributed by atoms with Crippen molar-refractivity contribution in [3.05, 3.63) is 0 Å². The van der Waals surface area contributed by atoms with Gasteiger partial charge in [-0.05, 0) is 25.2 Å². The van der Waals surface area contributed by atoms with Crippen molar-refractivity contribution in [2.45, 2.75) is 25.7 Å². The van der Waals surface area contributed by atoms with Crippen LogP contribution in [-0.4, -0.2) is 18.9 Å². The predicted molar refractivity (Wildman–Crippen MR) is 45.7 cm³/mol. The van der Waals surface area contributed by atoms with Crippen LogP contribution in [0, 0.1) is 11.3 Å². The van der Waals surface area contributed by atoms with Gasteiger partial charge in [-0.3, -0.25) is 5.41 Å². The second-order valence-corrected chi connectivity index (χ2v) is 3.18. The number of hydrogen-bond acceptors (Lipinski definition) is 1. The molecule has 0 saturated carbocycles. The monoisotopic (exact) mass is 154 g/mol. The van der Waals surface area contributed by atoms with E-state index in [0.717, 1.165) is 31.8 Å².